The van der Waals surface area contributed by atoms with E-state index in [-0.39, 0.29) is 0 Å². The van der Waals surface area contributed by atoms with Crippen LogP contribution in [0, 0.1) is 20.8 Å². The maximum absolute atomic E-state index is 16.2. The molecule has 2 aliphatic heterocycles. The predicted octanol–water partition coefficient (Wildman–Crippen LogP) is 6.84. The van der Waals surface area contributed by atoms with E-state index in [9.17, 15) is 0 Å². The smallest absolute Gasteiger partial charge is 0.393 e. The van der Waals surface area contributed by atoms with Crippen molar-refractivity contribution in [1.29, 1.82) is 0 Å². The van der Waals surface area contributed by atoms with Gasteiger partial charge in [-0.1, -0.05) is 31.5 Å². The number of hydrogen-bond donors (Lipinski definition) is 0. The molecule has 0 amide bonds. The summed E-state index contributed by atoms with van der Waals surface area (Å²) in [5.74, 6) is 0. The highest BCUT2D eigenvalue weighted by Gasteiger charge is 2.56. The minimum Gasteiger partial charge on any atom is -0.393 e. The molecule has 0 radical (unpaired) electrons. The Morgan fingerprint density at radius 3 is 2.27 bits per heavy atom. The monoisotopic (exact) mass is 428 g/mol. The summed E-state index contributed by atoms with van der Waals surface area (Å²) >= 11 is 6.23. The number of aryl methyl sites for hydroxylation is 1. The third kappa shape index (κ3) is 2.57. The molecular formula is C24H28BClF2N2. The highest BCUT2D eigenvalue weighted by Crippen LogP contribution is 2.47. The second kappa shape index (κ2) is 6.95. The Morgan fingerprint density at radius 2 is 1.70 bits per heavy atom. The second-order valence-corrected chi connectivity index (χ2v) is 8.88. The van der Waals surface area contributed by atoms with Crippen molar-refractivity contribution in [1.82, 2.24) is 4.48 Å². The molecule has 0 fully saturated rings. The first kappa shape index (κ1) is 21.1. The molecule has 1 aromatic carbocycles. The van der Waals surface area contributed by atoms with Gasteiger partial charge in [0.05, 0.1) is 5.57 Å². The Bertz CT molecular complexity index is 1200. The molecule has 0 unspecified atom stereocenters. The molecule has 0 saturated carbocycles. The van der Waals surface area contributed by atoms with E-state index in [0.717, 1.165) is 51.8 Å². The Labute approximate surface area is 182 Å². The van der Waals surface area contributed by atoms with Gasteiger partial charge < -0.3 is 17.6 Å². The molecule has 158 valence electrons. The molecule has 0 aliphatic carbocycles. The van der Waals surface area contributed by atoms with Crippen LogP contribution in [0.3, 0.4) is 0 Å². The number of nitrogens with zero attached hydrogens (tertiary/aromatic N) is 2. The van der Waals surface area contributed by atoms with E-state index in [2.05, 4.69) is 0 Å². The average molecular weight is 429 g/mol. The van der Waals surface area contributed by atoms with E-state index >= 15 is 8.63 Å². The summed E-state index contributed by atoms with van der Waals surface area (Å²) in [6, 6.07) is 5.73. The summed E-state index contributed by atoms with van der Waals surface area (Å²) in [6.07, 6.45) is 1.45. The topological polar surface area (TPSA) is 7.94 Å². The molecule has 2 aromatic rings. The summed E-state index contributed by atoms with van der Waals surface area (Å²) in [7, 11) is 0. The van der Waals surface area contributed by atoms with Crippen LogP contribution in [0.15, 0.2) is 35.0 Å². The molecule has 6 heteroatoms. The highest BCUT2D eigenvalue weighted by atomic mass is 35.5. The number of aromatic nitrogens is 1. The van der Waals surface area contributed by atoms with Crippen molar-refractivity contribution >= 4 is 29.9 Å². The molecule has 2 nitrogen and oxygen atoms in total. The fourth-order valence-corrected chi connectivity index (χ4v) is 5.87. The molecule has 0 N–H and O–H groups in total. The Kier molecular flexibility index (Phi) is 4.89. The van der Waals surface area contributed by atoms with Gasteiger partial charge in [0.1, 0.15) is 5.71 Å². The summed E-state index contributed by atoms with van der Waals surface area (Å²) in [4.78, 5) is 0. The van der Waals surface area contributed by atoms with Gasteiger partial charge in [0, 0.05) is 28.8 Å². The van der Waals surface area contributed by atoms with Crippen LogP contribution in [-0.4, -0.2) is 21.6 Å². The molecule has 2 aliphatic rings. The zero-order chi connectivity index (χ0) is 22.1. The van der Waals surface area contributed by atoms with Crippen LogP contribution in [0.5, 0.6) is 0 Å². The average Bonchev–Trinajstić information content (AvgIpc) is 3.08. The summed E-state index contributed by atoms with van der Waals surface area (Å²) in [6.45, 7) is 9.70. The van der Waals surface area contributed by atoms with Gasteiger partial charge in [0.2, 0.25) is 0 Å². The largest absolute Gasteiger partial charge is 0.737 e. The van der Waals surface area contributed by atoms with Gasteiger partial charge in [0.25, 0.3) is 0 Å². The number of benzene rings is 1. The predicted molar refractivity (Wildman–Crippen MR) is 123 cm³/mol. The maximum atomic E-state index is 16.2. The highest BCUT2D eigenvalue weighted by molar-refractivity contribution is 6.58. The van der Waals surface area contributed by atoms with E-state index in [4.69, 9.17) is 11.6 Å². The number of halogens is 3. The van der Waals surface area contributed by atoms with Crippen LogP contribution < -0.4 is 0 Å². The van der Waals surface area contributed by atoms with E-state index < -0.39 is 6.97 Å². The third-order valence-electron chi connectivity index (χ3n) is 6.95. The molecular weight excluding hydrogens is 401 g/mol. The first-order valence-electron chi connectivity index (χ1n) is 10.6. The van der Waals surface area contributed by atoms with Gasteiger partial charge in [-0.05, 0) is 80.6 Å². The van der Waals surface area contributed by atoms with Crippen molar-refractivity contribution in [3.63, 3.8) is 0 Å². The van der Waals surface area contributed by atoms with Crippen molar-refractivity contribution in [2.45, 2.75) is 61.3 Å². The summed E-state index contributed by atoms with van der Waals surface area (Å²) in [5.41, 5.74) is 9.36. The van der Waals surface area contributed by atoms with E-state index in [1.54, 1.807) is 0 Å². The van der Waals surface area contributed by atoms with E-state index in [0.29, 0.717) is 27.8 Å². The van der Waals surface area contributed by atoms with Crippen molar-refractivity contribution in [2.24, 2.45) is 0 Å². The lowest BCUT2D eigenvalue weighted by Crippen LogP contribution is -2.51. The lowest BCUT2D eigenvalue weighted by atomic mass is 9.82. The van der Waals surface area contributed by atoms with Gasteiger partial charge in [0.15, 0.2) is 5.70 Å². The molecule has 0 spiro atoms. The molecule has 30 heavy (non-hydrogen) atoms. The van der Waals surface area contributed by atoms with E-state index in [1.165, 1.54) is 8.96 Å². The fraction of sp³-hybridized carbons (Fsp3) is 0.375. The summed E-state index contributed by atoms with van der Waals surface area (Å²) < 4.78 is 35.0. The van der Waals surface area contributed by atoms with Gasteiger partial charge in [-0.15, -0.1) is 0 Å². The van der Waals surface area contributed by atoms with Gasteiger partial charge in [-0.25, -0.2) is 0 Å². The fourth-order valence-electron chi connectivity index (χ4n) is 5.64. The first-order valence-corrected chi connectivity index (χ1v) is 11.0. The van der Waals surface area contributed by atoms with Crippen molar-refractivity contribution in [3.05, 3.63) is 73.7 Å². The second-order valence-electron chi connectivity index (χ2n) is 8.44. The van der Waals surface area contributed by atoms with Crippen molar-refractivity contribution in [3.8, 4) is 0 Å². The van der Waals surface area contributed by atoms with Crippen molar-refractivity contribution < 1.29 is 13.1 Å². The summed E-state index contributed by atoms with van der Waals surface area (Å²) in [5, 5.41) is 0.650. The Hall–Kier alpha value is -2.14. The lowest BCUT2D eigenvalue weighted by Gasteiger charge is -2.34. The van der Waals surface area contributed by atoms with Crippen LogP contribution in [-0.2, 0) is 6.42 Å². The molecule has 4 rings (SSSR count). The molecule has 0 bridgehead atoms. The number of allylic oxidation sites excluding steroid dienone is 2. The lowest BCUT2D eigenvalue weighted by molar-refractivity contribution is -0.363. The van der Waals surface area contributed by atoms with Crippen LogP contribution >= 0.6 is 11.6 Å². The van der Waals surface area contributed by atoms with Crippen molar-refractivity contribution in [2.75, 3.05) is 0 Å². The van der Waals surface area contributed by atoms with Crippen LogP contribution in [0.25, 0.3) is 5.57 Å². The molecule has 3 heterocycles. The molecule has 0 saturated heterocycles. The van der Waals surface area contributed by atoms with Gasteiger partial charge in [-0.2, -0.15) is 0 Å². The van der Waals surface area contributed by atoms with Crippen LogP contribution in [0.1, 0.15) is 67.8 Å². The quantitative estimate of drug-likeness (QED) is 0.473. The molecule has 0 atom stereocenters. The van der Waals surface area contributed by atoms with E-state index in [1.807, 2.05) is 66.7 Å². The minimum absolute atomic E-state index is 0.649. The number of rotatable bonds is 3. The SMILES string of the molecule is CCC1=C(C)C2=C(c3ccc(Cl)cc3C)c3c(C)c(CC)c(C)n3[B-](F)(F)[N+]2=C1C. The zero-order valence-corrected chi connectivity index (χ0v) is 19.5. The third-order valence-corrected chi connectivity index (χ3v) is 7.19. The Morgan fingerprint density at radius 1 is 1.03 bits per heavy atom. The normalized spacial score (nSPS) is 17.8. The van der Waals surface area contributed by atoms with Crippen LogP contribution in [0.4, 0.5) is 8.63 Å². The van der Waals surface area contributed by atoms with Gasteiger partial charge in [-0.3, -0.25) is 0 Å². The number of hydrogen-bond acceptors (Lipinski definition) is 0. The maximum Gasteiger partial charge on any atom is 0.737 e. The standard InChI is InChI=1S/C24H28BClF2N2/c1-8-19-14(4)23-22(21-11-10-18(26)12-13(21)3)24-15(5)20(9-2)17(7)30(24)25(27,28)29(23)16(19)6/h10-12H,8-9H2,1-7H3. The molecule has 1 aromatic heterocycles. The number of fused-ring (bicyclic) bond motifs is 2. The van der Waals surface area contributed by atoms with Crippen LogP contribution in [0.2, 0.25) is 5.02 Å². The Balaban J connectivity index is 2.25. The zero-order valence-electron chi connectivity index (χ0n) is 18.8. The first-order chi connectivity index (χ1) is 14.1. The van der Waals surface area contributed by atoms with Gasteiger partial charge >= 0.3 is 6.97 Å². The minimum atomic E-state index is -3.99.